The molecule has 1 aromatic rings. The zero-order chi connectivity index (χ0) is 14.1. The Morgan fingerprint density at radius 2 is 2.11 bits per heavy atom. The summed E-state index contributed by atoms with van der Waals surface area (Å²) in [5, 5.41) is 3.22. The van der Waals surface area contributed by atoms with Crippen LogP contribution in [0.15, 0.2) is 29.3 Å². The van der Waals surface area contributed by atoms with Gasteiger partial charge in [0.25, 0.3) is 0 Å². The minimum atomic E-state index is 0.494. The number of hydrazine groups is 1. The highest BCUT2D eigenvalue weighted by Gasteiger charge is 2.04. The lowest BCUT2D eigenvalue weighted by Gasteiger charge is -2.13. The number of nitrogens with zero attached hydrogens (tertiary/aromatic N) is 1. The van der Waals surface area contributed by atoms with Gasteiger partial charge in [0.2, 0.25) is 5.96 Å². The van der Waals surface area contributed by atoms with Gasteiger partial charge in [0, 0.05) is 19.3 Å². The number of para-hydroxylation sites is 1. The van der Waals surface area contributed by atoms with Crippen molar-refractivity contribution in [1.29, 1.82) is 0 Å². The largest absolute Gasteiger partial charge is 0.384 e. The van der Waals surface area contributed by atoms with Crippen LogP contribution in [0.1, 0.15) is 19.4 Å². The number of methoxy groups -OCH3 is 1. The molecule has 0 fully saturated rings. The molecule has 1 rings (SSSR count). The molecule has 1 aromatic carbocycles. The van der Waals surface area contributed by atoms with Crippen LogP contribution in [-0.4, -0.2) is 26.2 Å². The first-order valence-corrected chi connectivity index (χ1v) is 6.52. The molecule has 0 aliphatic heterocycles. The maximum atomic E-state index is 5.49. The molecule has 0 unspecified atom stereocenters. The number of benzene rings is 1. The van der Waals surface area contributed by atoms with Gasteiger partial charge in [0.1, 0.15) is 0 Å². The predicted octanol–water partition coefficient (Wildman–Crippen LogP) is 1.76. The molecule has 0 spiro atoms. The third-order valence-electron chi connectivity index (χ3n) is 2.60. The Morgan fingerprint density at radius 3 is 2.74 bits per heavy atom. The third-order valence-corrected chi connectivity index (χ3v) is 2.60. The van der Waals surface area contributed by atoms with Gasteiger partial charge in [-0.3, -0.25) is 10.4 Å². The predicted molar refractivity (Wildman–Crippen MR) is 80.1 cm³/mol. The number of nitrogens with two attached hydrogens (primary N) is 1. The van der Waals surface area contributed by atoms with Gasteiger partial charge in [-0.05, 0) is 24.0 Å². The maximum Gasteiger partial charge on any atom is 0.210 e. The summed E-state index contributed by atoms with van der Waals surface area (Å²) >= 11 is 0. The first kappa shape index (κ1) is 15.5. The van der Waals surface area contributed by atoms with Crippen molar-refractivity contribution in [3.8, 4) is 0 Å². The van der Waals surface area contributed by atoms with E-state index in [0.29, 0.717) is 18.5 Å². The number of guanidine groups is 1. The highest BCUT2D eigenvalue weighted by molar-refractivity contribution is 5.93. The molecule has 106 valence electrons. The molecular formula is C14H24N4O. The molecule has 0 aromatic heterocycles. The van der Waals surface area contributed by atoms with Gasteiger partial charge in [0.05, 0.1) is 6.61 Å². The number of ether oxygens (including phenoxy) is 1. The summed E-state index contributed by atoms with van der Waals surface area (Å²) in [7, 11) is 1.70. The summed E-state index contributed by atoms with van der Waals surface area (Å²) in [4.78, 5) is 4.40. The average molecular weight is 264 g/mol. The Hall–Kier alpha value is -1.59. The van der Waals surface area contributed by atoms with Crippen LogP contribution in [0.2, 0.25) is 0 Å². The van der Waals surface area contributed by atoms with Crippen LogP contribution in [0.25, 0.3) is 0 Å². The molecular weight excluding hydrogens is 240 g/mol. The van der Waals surface area contributed by atoms with Crippen molar-refractivity contribution in [3.63, 3.8) is 0 Å². The third kappa shape index (κ3) is 5.72. The Bertz CT molecular complexity index is 404. The molecule has 19 heavy (non-hydrogen) atoms. The lowest BCUT2D eigenvalue weighted by molar-refractivity contribution is 0.202. The second-order valence-corrected chi connectivity index (χ2v) is 4.75. The van der Waals surface area contributed by atoms with Gasteiger partial charge < -0.3 is 10.1 Å². The SMILES string of the molecule is COCCc1ccccc1NC(=NCC(C)C)NN. The molecule has 0 radical (unpaired) electrons. The van der Waals surface area contributed by atoms with Gasteiger partial charge in [-0.25, -0.2) is 5.84 Å². The first-order chi connectivity index (χ1) is 9.17. The Morgan fingerprint density at radius 1 is 1.37 bits per heavy atom. The van der Waals surface area contributed by atoms with E-state index in [0.717, 1.165) is 18.7 Å². The normalized spacial score (nSPS) is 11.7. The maximum absolute atomic E-state index is 5.49. The van der Waals surface area contributed by atoms with Gasteiger partial charge in [-0.2, -0.15) is 0 Å². The van der Waals surface area contributed by atoms with Crippen molar-refractivity contribution < 1.29 is 4.74 Å². The number of aliphatic imine (C=N–C) groups is 1. The van der Waals surface area contributed by atoms with Crippen molar-refractivity contribution in [2.75, 3.05) is 25.6 Å². The molecule has 4 N–H and O–H groups in total. The Labute approximate surface area is 115 Å². The van der Waals surface area contributed by atoms with E-state index < -0.39 is 0 Å². The van der Waals surface area contributed by atoms with Gasteiger partial charge in [-0.1, -0.05) is 32.0 Å². The van der Waals surface area contributed by atoms with E-state index in [2.05, 4.69) is 35.6 Å². The second kappa shape index (κ2) is 8.50. The molecule has 0 amide bonds. The molecule has 5 nitrogen and oxygen atoms in total. The first-order valence-electron chi connectivity index (χ1n) is 6.52. The van der Waals surface area contributed by atoms with Crippen molar-refractivity contribution >= 4 is 11.6 Å². The molecule has 0 heterocycles. The Balaban J connectivity index is 2.75. The van der Waals surface area contributed by atoms with Crippen molar-refractivity contribution in [2.24, 2.45) is 16.8 Å². The highest BCUT2D eigenvalue weighted by atomic mass is 16.5. The van der Waals surface area contributed by atoms with E-state index in [1.54, 1.807) is 7.11 Å². The van der Waals surface area contributed by atoms with Crippen LogP contribution in [0.5, 0.6) is 0 Å². The summed E-state index contributed by atoms with van der Waals surface area (Å²) in [5.41, 5.74) is 4.77. The summed E-state index contributed by atoms with van der Waals surface area (Å²) < 4.78 is 5.11. The van der Waals surface area contributed by atoms with E-state index in [4.69, 9.17) is 10.6 Å². The van der Waals surface area contributed by atoms with Gasteiger partial charge >= 0.3 is 0 Å². The monoisotopic (exact) mass is 264 g/mol. The topological polar surface area (TPSA) is 71.7 Å². The quantitative estimate of drug-likeness (QED) is 0.317. The zero-order valence-electron chi connectivity index (χ0n) is 11.9. The number of anilines is 1. The van der Waals surface area contributed by atoms with Gasteiger partial charge in [0.15, 0.2) is 0 Å². The molecule has 0 aliphatic carbocycles. The van der Waals surface area contributed by atoms with Crippen LogP contribution < -0.4 is 16.6 Å². The number of nitrogens with one attached hydrogen (secondary N) is 2. The van der Waals surface area contributed by atoms with Crippen molar-refractivity contribution in [3.05, 3.63) is 29.8 Å². The minimum absolute atomic E-state index is 0.494. The highest BCUT2D eigenvalue weighted by Crippen LogP contribution is 2.15. The van der Waals surface area contributed by atoms with E-state index in [1.165, 1.54) is 5.56 Å². The van der Waals surface area contributed by atoms with Crippen molar-refractivity contribution in [2.45, 2.75) is 20.3 Å². The molecule has 0 saturated heterocycles. The van der Waals surface area contributed by atoms with Crippen molar-refractivity contribution in [1.82, 2.24) is 5.43 Å². The van der Waals surface area contributed by atoms with Crippen LogP contribution in [0, 0.1) is 5.92 Å². The van der Waals surface area contributed by atoms with Gasteiger partial charge in [-0.15, -0.1) is 0 Å². The zero-order valence-corrected chi connectivity index (χ0v) is 11.9. The molecule has 0 saturated carbocycles. The fourth-order valence-electron chi connectivity index (χ4n) is 1.59. The number of hydrogen-bond acceptors (Lipinski definition) is 3. The molecule has 0 aliphatic rings. The van der Waals surface area contributed by atoms with Crippen LogP contribution in [-0.2, 0) is 11.2 Å². The van der Waals surface area contributed by atoms with E-state index in [-0.39, 0.29) is 0 Å². The van der Waals surface area contributed by atoms with E-state index in [9.17, 15) is 0 Å². The fraction of sp³-hybridized carbons (Fsp3) is 0.500. The minimum Gasteiger partial charge on any atom is -0.384 e. The van der Waals surface area contributed by atoms with Crippen LogP contribution in [0.4, 0.5) is 5.69 Å². The fourth-order valence-corrected chi connectivity index (χ4v) is 1.59. The number of rotatable bonds is 6. The smallest absolute Gasteiger partial charge is 0.210 e. The summed E-state index contributed by atoms with van der Waals surface area (Å²) in [6.45, 7) is 5.65. The Kier molecular flexibility index (Phi) is 6.92. The summed E-state index contributed by atoms with van der Waals surface area (Å²) in [6, 6.07) is 8.07. The summed E-state index contributed by atoms with van der Waals surface area (Å²) in [6.07, 6.45) is 0.849. The number of hydrogen-bond donors (Lipinski definition) is 3. The van der Waals surface area contributed by atoms with E-state index >= 15 is 0 Å². The lowest BCUT2D eigenvalue weighted by Crippen LogP contribution is -2.36. The standard InChI is InChI=1S/C14H24N4O/c1-11(2)10-16-14(18-15)17-13-7-5-4-6-12(13)8-9-19-3/h4-7,11H,8-10,15H2,1-3H3,(H2,16,17,18). The molecule has 0 atom stereocenters. The van der Waals surface area contributed by atoms with Crippen LogP contribution >= 0.6 is 0 Å². The molecule has 5 heteroatoms. The summed E-state index contributed by atoms with van der Waals surface area (Å²) in [5.74, 6) is 6.57. The van der Waals surface area contributed by atoms with E-state index in [1.807, 2.05) is 18.2 Å². The lowest BCUT2D eigenvalue weighted by atomic mass is 10.1. The van der Waals surface area contributed by atoms with Crippen LogP contribution in [0.3, 0.4) is 0 Å². The molecule has 0 bridgehead atoms. The second-order valence-electron chi connectivity index (χ2n) is 4.75. The average Bonchev–Trinajstić information content (AvgIpc) is 2.42.